The average molecular weight is 630 g/mol. The molecule has 2 aromatic carbocycles. The Bertz CT molecular complexity index is 1370. The average Bonchev–Trinajstić information content (AvgIpc) is 3.44. The van der Waals surface area contributed by atoms with Gasteiger partial charge in [0.25, 0.3) is 5.91 Å². The van der Waals surface area contributed by atoms with Gasteiger partial charge in [-0.2, -0.15) is 13.2 Å². The topological polar surface area (TPSA) is 85.0 Å². The van der Waals surface area contributed by atoms with Crippen LogP contribution in [-0.4, -0.2) is 78.5 Å². The maximum Gasteiger partial charge on any atom is 0.390 e. The SMILES string of the molecule is CC(=O)N1CCC[C@@H]1C(=O)NCc1ccc(C(=O)Nc2ccc(Cl)cc2N2CCN(CCC(F)(F)F)C[C@H]2C)c(F)c1F. The predicted octanol–water partition coefficient (Wildman–Crippen LogP) is 4.96. The summed E-state index contributed by atoms with van der Waals surface area (Å²) in [4.78, 5) is 42.4. The predicted molar refractivity (Wildman–Crippen MR) is 152 cm³/mol. The highest BCUT2D eigenvalue weighted by Crippen LogP contribution is 2.33. The summed E-state index contributed by atoms with van der Waals surface area (Å²) in [6.07, 6.45) is -4.03. The molecule has 8 nitrogen and oxygen atoms in total. The lowest BCUT2D eigenvalue weighted by atomic mass is 10.1. The first-order valence-electron chi connectivity index (χ1n) is 13.9. The Hall–Kier alpha value is -3.45. The molecule has 2 fully saturated rings. The molecule has 2 aliphatic heterocycles. The summed E-state index contributed by atoms with van der Waals surface area (Å²) in [7, 11) is 0. The van der Waals surface area contributed by atoms with Gasteiger partial charge < -0.3 is 20.4 Å². The standard InChI is InChI=1S/C29H33ClF5N5O3/c1-17-16-38(11-9-29(33,34)35)12-13-39(17)24-14-20(30)6-8-22(24)37-27(42)21-7-5-19(25(31)26(21)32)15-36-28(43)23-4-3-10-40(23)18(2)41/h5-8,14,17,23H,3-4,9-13,15-16H2,1-2H3,(H,36,43)(H,37,42)/t17-,23-/m1/s1. The Kier molecular flexibility index (Phi) is 10.2. The van der Waals surface area contributed by atoms with Crippen molar-refractivity contribution in [3.05, 3.63) is 58.1 Å². The van der Waals surface area contributed by atoms with E-state index in [-0.39, 0.29) is 36.3 Å². The number of amides is 3. The molecule has 2 aliphatic rings. The molecule has 234 valence electrons. The molecule has 14 heteroatoms. The van der Waals surface area contributed by atoms with E-state index in [2.05, 4.69) is 10.6 Å². The van der Waals surface area contributed by atoms with Gasteiger partial charge in [-0.25, -0.2) is 8.78 Å². The van der Waals surface area contributed by atoms with E-state index >= 15 is 4.39 Å². The van der Waals surface area contributed by atoms with Crippen LogP contribution in [0.1, 0.15) is 49.0 Å². The van der Waals surface area contributed by atoms with Crippen LogP contribution in [0, 0.1) is 11.6 Å². The molecule has 2 saturated heterocycles. The van der Waals surface area contributed by atoms with Gasteiger partial charge in [0.2, 0.25) is 11.8 Å². The second-order valence-electron chi connectivity index (χ2n) is 10.8. The van der Waals surface area contributed by atoms with Gasteiger partial charge in [-0.3, -0.25) is 19.3 Å². The molecule has 0 aromatic heterocycles. The van der Waals surface area contributed by atoms with E-state index in [9.17, 15) is 31.9 Å². The van der Waals surface area contributed by atoms with E-state index < -0.39 is 47.7 Å². The first kappa shape index (κ1) is 32.5. The molecular weight excluding hydrogens is 597 g/mol. The first-order chi connectivity index (χ1) is 20.2. The highest BCUT2D eigenvalue weighted by molar-refractivity contribution is 6.31. The molecule has 0 unspecified atom stereocenters. The minimum atomic E-state index is -4.25. The summed E-state index contributed by atoms with van der Waals surface area (Å²) < 4.78 is 68.1. The highest BCUT2D eigenvalue weighted by atomic mass is 35.5. The zero-order valence-electron chi connectivity index (χ0n) is 23.7. The van der Waals surface area contributed by atoms with Crippen molar-refractivity contribution in [2.24, 2.45) is 0 Å². The Labute approximate surface area is 251 Å². The quantitative estimate of drug-likeness (QED) is 0.404. The van der Waals surface area contributed by atoms with Gasteiger partial charge in [0.15, 0.2) is 11.6 Å². The van der Waals surface area contributed by atoms with Gasteiger partial charge in [0.05, 0.1) is 23.4 Å². The smallest absolute Gasteiger partial charge is 0.365 e. The number of alkyl halides is 3. The molecule has 0 aliphatic carbocycles. The minimum absolute atomic E-state index is 0.122. The van der Waals surface area contributed by atoms with Crippen LogP contribution in [0.5, 0.6) is 0 Å². The van der Waals surface area contributed by atoms with E-state index in [1.165, 1.54) is 30.0 Å². The number of nitrogens with zero attached hydrogens (tertiary/aromatic N) is 3. The molecule has 2 atom stereocenters. The summed E-state index contributed by atoms with van der Waals surface area (Å²) in [6, 6.07) is 6.05. The molecule has 3 amide bonds. The molecule has 2 heterocycles. The summed E-state index contributed by atoms with van der Waals surface area (Å²) in [5, 5.41) is 5.49. The molecule has 0 bridgehead atoms. The largest absolute Gasteiger partial charge is 0.390 e. The third kappa shape index (κ3) is 7.94. The lowest BCUT2D eigenvalue weighted by Gasteiger charge is -2.42. The Balaban J connectivity index is 1.44. The fraction of sp³-hybridized carbons (Fsp3) is 0.483. The van der Waals surface area contributed by atoms with E-state index in [0.717, 1.165) is 6.07 Å². The summed E-state index contributed by atoms with van der Waals surface area (Å²) in [5.74, 6) is -4.32. The number of hydrogen-bond acceptors (Lipinski definition) is 5. The number of benzene rings is 2. The van der Waals surface area contributed by atoms with Crippen LogP contribution >= 0.6 is 11.6 Å². The third-order valence-electron chi connectivity index (χ3n) is 7.76. The monoisotopic (exact) mass is 629 g/mol. The molecule has 2 aromatic rings. The molecule has 0 spiro atoms. The Morgan fingerprint density at radius 3 is 2.47 bits per heavy atom. The van der Waals surface area contributed by atoms with Gasteiger partial charge >= 0.3 is 6.18 Å². The second kappa shape index (κ2) is 13.5. The zero-order chi connectivity index (χ0) is 31.5. The number of likely N-dealkylation sites (tertiary alicyclic amines) is 1. The number of anilines is 2. The molecule has 0 radical (unpaired) electrons. The van der Waals surface area contributed by atoms with Gasteiger partial charge in [-0.15, -0.1) is 0 Å². The number of hydrogen-bond donors (Lipinski definition) is 2. The van der Waals surface area contributed by atoms with Crippen LogP contribution in [0.15, 0.2) is 30.3 Å². The van der Waals surface area contributed by atoms with Crippen molar-refractivity contribution in [1.82, 2.24) is 15.1 Å². The van der Waals surface area contributed by atoms with Gasteiger partial charge in [-0.1, -0.05) is 17.7 Å². The number of piperazine rings is 1. The maximum absolute atomic E-state index is 15.1. The minimum Gasteiger partial charge on any atom is -0.365 e. The van der Waals surface area contributed by atoms with Gasteiger partial charge in [0, 0.05) is 62.8 Å². The highest BCUT2D eigenvalue weighted by Gasteiger charge is 2.33. The molecule has 0 saturated carbocycles. The van der Waals surface area contributed by atoms with Crippen LogP contribution in [0.4, 0.5) is 33.3 Å². The van der Waals surface area contributed by atoms with Crippen LogP contribution in [0.25, 0.3) is 0 Å². The van der Waals surface area contributed by atoms with E-state index in [4.69, 9.17) is 11.6 Å². The van der Waals surface area contributed by atoms with Crippen LogP contribution in [-0.2, 0) is 16.1 Å². The van der Waals surface area contributed by atoms with Crippen molar-refractivity contribution in [1.29, 1.82) is 0 Å². The van der Waals surface area contributed by atoms with Gasteiger partial charge in [-0.05, 0) is 44.0 Å². The van der Waals surface area contributed by atoms with Crippen molar-refractivity contribution in [2.45, 2.75) is 57.9 Å². The number of carbonyl (C=O) groups excluding carboxylic acids is 3. The summed E-state index contributed by atoms with van der Waals surface area (Å²) in [5.41, 5.74) is 0.0412. The normalized spacial score (nSPS) is 19.4. The number of carbonyl (C=O) groups is 3. The van der Waals surface area contributed by atoms with Crippen LogP contribution in [0.3, 0.4) is 0 Å². The molecular formula is C29H33ClF5N5O3. The molecule has 2 N–H and O–H groups in total. The van der Waals surface area contributed by atoms with Crippen LogP contribution in [0.2, 0.25) is 5.02 Å². The first-order valence-corrected chi connectivity index (χ1v) is 14.3. The molecule has 43 heavy (non-hydrogen) atoms. The third-order valence-corrected chi connectivity index (χ3v) is 8.00. The fourth-order valence-electron chi connectivity index (χ4n) is 5.53. The summed E-state index contributed by atoms with van der Waals surface area (Å²) in [6.45, 7) is 4.25. The van der Waals surface area contributed by atoms with Crippen molar-refractivity contribution < 1.29 is 36.3 Å². The van der Waals surface area contributed by atoms with E-state index in [1.807, 2.05) is 11.8 Å². The fourth-order valence-corrected chi connectivity index (χ4v) is 5.70. The maximum atomic E-state index is 15.1. The summed E-state index contributed by atoms with van der Waals surface area (Å²) >= 11 is 6.21. The van der Waals surface area contributed by atoms with Crippen molar-refractivity contribution in [2.75, 3.05) is 42.9 Å². The van der Waals surface area contributed by atoms with Crippen LogP contribution < -0.4 is 15.5 Å². The number of nitrogens with one attached hydrogen (secondary N) is 2. The lowest BCUT2D eigenvalue weighted by molar-refractivity contribution is -0.138. The van der Waals surface area contributed by atoms with E-state index in [1.54, 1.807) is 11.0 Å². The second-order valence-corrected chi connectivity index (χ2v) is 11.2. The zero-order valence-corrected chi connectivity index (χ0v) is 24.5. The molecule has 4 rings (SSSR count). The Morgan fingerprint density at radius 2 is 1.79 bits per heavy atom. The van der Waals surface area contributed by atoms with E-state index in [0.29, 0.717) is 49.7 Å². The lowest BCUT2D eigenvalue weighted by Crippen LogP contribution is -2.52. The Morgan fingerprint density at radius 1 is 1.05 bits per heavy atom. The number of halogens is 6. The van der Waals surface area contributed by atoms with Crippen molar-refractivity contribution >= 4 is 40.7 Å². The van der Waals surface area contributed by atoms with Gasteiger partial charge in [0.1, 0.15) is 6.04 Å². The van der Waals surface area contributed by atoms with Crippen molar-refractivity contribution in [3.63, 3.8) is 0 Å². The number of rotatable bonds is 8. The van der Waals surface area contributed by atoms with Crippen molar-refractivity contribution in [3.8, 4) is 0 Å².